The van der Waals surface area contributed by atoms with Gasteiger partial charge in [-0.3, -0.25) is 14.4 Å². The van der Waals surface area contributed by atoms with Gasteiger partial charge in [0.2, 0.25) is 0 Å². The van der Waals surface area contributed by atoms with E-state index in [1.807, 2.05) is 0 Å². The second kappa shape index (κ2) is 5.58. The standard InChI is InChI=1S/C11H14O6/c1-6(12)10-8(13)4-7(11(14)15-2)5-9(10)17-16-3/h7H,4-5H2,1-3H3. The van der Waals surface area contributed by atoms with Crippen LogP contribution < -0.4 is 0 Å². The highest BCUT2D eigenvalue weighted by Gasteiger charge is 2.35. The molecule has 1 aliphatic rings. The van der Waals surface area contributed by atoms with Gasteiger partial charge in [-0.05, 0) is 6.92 Å². The van der Waals surface area contributed by atoms with Gasteiger partial charge < -0.3 is 9.62 Å². The molecule has 0 N–H and O–H groups in total. The number of rotatable bonds is 4. The number of carbonyl (C=O) groups is 3. The Bertz CT molecular complexity index is 381. The summed E-state index contributed by atoms with van der Waals surface area (Å²) in [5, 5.41) is 0. The van der Waals surface area contributed by atoms with Crippen molar-refractivity contribution in [3.05, 3.63) is 11.3 Å². The van der Waals surface area contributed by atoms with E-state index < -0.39 is 23.5 Å². The average Bonchev–Trinajstić information content (AvgIpc) is 2.27. The van der Waals surface area contributed by atoms with Crippen molar-refractivity contribution >= 4 is 17.5 Å². The Labute approximate surface area is 98.4 Å². The van der Waals surface area contributed by atoms with Crippen LogP contribution in [0.1, 0.15) is 19.8 Å². The van der Waals surface area contributed by atoms with Crippen LogP contribution in [0, 0.1) is 5.92 Å². The summed E-state index contributed by atoms with van der Waals surface area (Å²) in [5.41, 5.74) is -0.0352. The number of hydrogen-bond donors (Lipinski definition) is 0. The van der Waals surface area contributed by atoms with Gasteiger partial charge in [0, 0.05) is 12.8 Å². The number of ketones is 2. The van der Waals surface area contributed by atoms with Crippen molar-refractivity contribution in [1.82, 2.24) is 0 Å². The second-order valence-corrected chi connectivity index (χ2v) is 3.66. The number of methoxy groups -OCH3 is 1. The van der Waals surface area contributed by atoms with E-state index in [1.54, 1.807) is 0 Å². The molecule has 0 saturated heterocycles. The first-order valence-electron chi connectivity index (χ1n) is 5.07. The molecule has 6 heteroatoms. The highest BCUT2D eigenvalue weighted by Crippen LogP contribution is 2.29. The minimum absolute atomic E-state index is 0.0352. The van der Waals surface area contributed by atoms with E-state index in [0.29, 0.717) is 0 Å². The zero-order valence-electron chi connectivity index (χ0n) is 9.94. The summed E-state index contributed by atoms with van der Waals surface area (Å²) in [6.45, 7) is 1.27. The fourth-order valence-corrected chi connectivity index (χ4v) is 1.78. The first-order valence-corrected chi connectivity index (χ1v) is 5.07. The third-order valence-corrected chi connectivity index (χ3v) is 2.49. The minimum atomic E-state index is -0.624. The molecule has 1 rings (SSSR count). The summed E-state index contributed by atoms with van der Waals surface area (Å²) in [4.78, 5) is 43.6. The Morgan fingerprint density at radius 1 is 1.24 bits per heavy atom. The summed E-state index contributed by atoms with van der Waals surface area (Å²) in [6, 6.07) is 0. The minimum Gasteiger partial charge on any atom is -0.469 e. The average molecular weight is 242 g/mol. The lowest BCUT2D eigenvalue weighted by atomic mass is 9.86. The molecule has 0 saturated carbocycles. The van der Waals surface area contributed by atoms with E-state index in [-0.39, 0.29) is 24.2 Å². The number of ether oxygens (including phenoxy) is 1. The van der Waals surface area contributed by atoms with Gasteiger partial charge in [0.25, 0.3) is 0 Å². The van der Waals surface area contributed by atoms with E-state index in [4.69, 9.17) is 4.89 Å². The summed E-state index contributed by atoms with van der Waals surface area (Å²) in [6.07, 6.45) is 0.0827. The molecule has 1 aliphatic carbocycles. The maximum Gasteiger partial charge on any atom is 0.309 e. The normalized spacial score (nSPS) is 20.2. The van der Waals surface area contributed by atoms with Crippen LogP contribution in [0.4, 0.5) is 0 Å². The van der Waals surface area contributed by atoms with Gasteiger partial charge in [0.05, 0.1) is 20.1 Å². The van der Waals surface area contributed by atoms with Crippen LogP contribution in [-0.2, 0) is 28.9 Å². The molecule has 94 valence electrons. The fraction of sp³-hybridized carbons (Fsp3) is 0.545. The first kappa shape index (κ1) is 13.4. The Morgan fingerprint density at radius 3 is 2.35 bits per heavy atom. The summed E-state index contributed by atoms with van der Waals surface area (Å²) in [5.74, 6) is -1.86. The van der Waals surface area contributed by atoms with Crippen molar-refractivity contribution in [2.24, 2.45) is 5.92 Å². The van der Waals surface area contributed by atoms with Gasteiger partial charge in [-0.25, -0.2) is 0 Å². The van der Waals surface area contributed by atoms with Gasteiger partial charge in [-0.1, -0.05) is 0 Å². The number of allylic oxidation sites excluding steroid dienone is 2. The molecule has 17 heavy (non-hydrogen) atoms. The Hall–Kier alpha value is -1.69. The maximum absolute atomic E-state index is 11.7. The van der Waals surface area contributed by atoms with Gasteiger partial charge in [0.15, 0.2) is 17.3 Å². The molecule has 0 amide bonds. The third-order valence-electron chi connectivity index (χ3n) is 2.49. The molecule has 0 aromatic carbocycles. The van der Waals surface area contributed by atoms with Crippen LogP contribution in [0.25, 0.3) is 0 Å². The van der Waals surface area contributed by atoms with Gasteiger partial charge >= 0.3 is 5.97 Å². The van der Waals surface area contributed by atoms with Crippen LogP contribution in [0.15, 0.2) is 11.3 Å². The molecular weight excluding hydrogens is 228 g/mol. The molecule has 0 spiro atoms. The third kappa shape index (κ3) is 2.91. The Morgan fingerprint density at radius 2 is 1.88 bits per heavy atom. The molecule has 0 fully saturated rings. The lowest BCUT2D eigenvalue weighted by molar-refractivity contribution is -0.242. The van der Waals surface area contributed by atoms with Crippen molar-refractivity contribution in [3.63, 3.8) is 0 Å². The van der Waals surface area contributed by atoms with Gasteiger partial charge in [0.1, 0.15) is 5.57 Å². The molecule has 0 heterocycles. The number of esters is 1. The van der Waals surface area contributed by atoms with Crippen LogP contribution in [0.3, 0.4) is 0 Å². The smallest absolute Gasteiger partial charge is 0.309 e. The van der Waals surface area contributed by atoms with Crippen molar-refractivity contribution in [3.8, 4) is 0 Å². The zero-order valence-corrected chi connectivity index (χ0v) is 9.94. The second-order valence-electron chi connectivity index (χ2n) is 3.66. The molecule has 0 aliphatic heterocycles. The van der Waals surface area contributed by atoms with Gasteiger partial charge in [-0.15, -0.1) is 0 Å². The molecule has 0 aromatic heterocycles. The molecule has 1 atom stereocenters. The lowest BCUT2D eigenvalue weighted by Gasteiger charge is -2.22. The topological polar surface area (TPSA) is 78.9 Å². The first-order chi connectivity index (χ1) is 8.01. The van der Waals surface area contributed by atoms with E-state index in [9.17, 15) is 14.4 Å². The lowest BCUT2D eigenvalue weighted by Crippen LogP contribution is -2.29. The van der Waals surface area contributed by atoms with E-state index in [1.165, 1.54) is 21.1 Å². The SMILES string of the molecule is COOC1=C(C(C)=O)C(=O)CC(C(=O)OC)C1. The van der Waals surface area contributed by atoms with Crippen LogP contribution in [0.5, 0.6) is 0 Å². The highest BCUT2D eigenvalue weighted by molar-refractivity contribution is 6.20. The maximum atomic E-state index is 11.7. The fourth-order valence-electron chi connectivity index (χ4n) is 1.78. The largest absolute Gasteiger partial charge is 0.469 e. The van der Waals surface area contributed by atoms with Crippen molar-refractivity contribution in [2.75, 3.05) is 14.2 Å². The summed E-state index contributed by atoms with van der Waals surface area (Å²) < 4.78 is 4.57. The van der Waals surface area contributed by atoms with Crippen molar-refractivity contribution in [2.45, 2.75) is 19.8 Å². The zero-order chi connectivity index (χ0) is 13.0. The quantitative estimate of drug-likeness (QED) is 0.310. The monoisotopic (exact) mass is 242 g/mol. The predicted molar refractivity (Wildman–Crippen MR) is 55.5 cm³/mol. The molecule has 0 aromatic rings. The number of carbonyl (C=O) groups excluding carboxylic acids is 3. The molecule has 6 nitrogen and oxygen atoms in total. The van der Waals surface area contributed by atoms with Crippen LogP contribution in [-0.4, -0.2) is 31.8 Å². The van der Waals surface area contributed by atoms with Crippen LogP contribution in [0.2, 0.25) is 0 Å². The highest BCUT2D eigenvalue weighted by atomic mass is 17.2. The van der Waals surface area contributed by atoms with Crippen molar-refractivity contribution in [1.29, 1.82) is 0 Å². The molecule has 0 bridgehead atoms. The summed E-state index contributed by atoms with van der Waals surface area (Å²) in [7, 11) is 2.50. The predicted octanol–water partition coefficient (Wildman–Crippen LogP) is 0.560. The number of hydrogen-bond acceptors (Lipinski definition) is 6. The Kier molecular flexibility index (Phi) is 4.39. The molecule has 1 unspecified atom stereocenters. The molecule has 0 radical (unpaired) electrons. The van der Waals surface area contributed by atoms with Gasteiger partial charge in [-0.2, -0.15) is 4.89 Å². The van der Waals surface area contributed by atoms with Crippen molar-refractivity contribution < 1.29 is 28.9 Å². The Balaban J connectivity index is 3.03. The van der Waals surface area contributed by atoms with E-state index in [0.717, 1.165) is 0 Å². The van der Waals surface area contributed by atoms with E-state index in [2.05, 4.69) is 9.62 Å². The summed E-state index contributed by atoms with van der Waals surface area (Å²) >= 11 is 0. The molecular formula is C11H14O6. The number of Topliss-reactive ketones (excluding diaryl/α,β-unsaturated/α-hetero) is 2. The van der Waals surface area contributed by atoms with E-state index >= 15 is 0 Å². The van der Waals surface area contributed by atoms with Crippen LogP contribution >= 0.6 is 0 Å².